The molecule has 1 aliphatic rings. The van der Waals surface area contributed by atoms with Crippen LogP contribution >= 0.6 is 0 Å². The maximum atomic E-state index is 13.1. The van der Waals surface area contributed by atoms with E-state index in [-0.39, 0.29) is 11.3 Å². The molecule has 2 rings (SSSR count). The van der Waals surface area contributed by atoms with Gasteiger partial charge in [0.15, 0.2) is 0 Å². The van der Waals surface area contributed by atoms with Crippen LogP contribution < -0.4 is 4.74 Å². The molecule has 0 aliphatic carbocycles. The van der Waals surface area contributed by atoms with Crippen molar-refractivity contribution in [3.05, 3.63) is 29.3 Å². The zero-order chi connectivity index (χ0) is 14.6. The minimum atomic E-state index is -5.13. The van der Waals surface area contributed by atoms with Crippen LogP contribution in [-0.4, -0.2) is 17.3 Å². The molecule has 1 aromatic rings. The van der Waals surface area contributed by atoms with Crippen molar-refractivity contribution in [1.29, 1.82) is 0 Å². The zero-order valence-corrected chi connectivity index (χ0v) is 10.6. The molecule has 0 radical (unpaired) electrons. The Bertz CT molecular complexity index is 543. The minimum Gasteiger partial charge on any atom is -0.423 e. The van der Waals surface area contributed by atoms with Crippen molar-refractivity contribution in [2.45, 2.75) is 38.0 Å². The lowest BCUT2D eigenvalue weighted by molar-refractivity contribution is -0.258. The Hall–Kier alpha value is -1.56. The van der Waals surface area contributed by atoms with Crippen LogP contribution in [0.25, 0.3) is 0 Å². The number of hydrogen-bond donors (Lipinski definition) is 1. The average Bonchev–Trinajstić information content (AvgIpc) is 2.50. The average molecular weight is 274 g/mol. The summed E-state index contributed by atoms with van der Waals surface area (Å²) in [6, 6.07) is 4.19. The van der Waals surface area contributed by atoms with Crippen LogP contribution in [0, 0.1) is 0 Å². The first-order chi connectivity index (χ1) is 8.49. The molecule has 0 bridgehead atoms. The highest BCUT2D eigenvalue weighted by molar-refractivity contribution is 5.90. The molecule has 1 heterocycles. The highest BCUT2D eigenvalue weighted by atomic mass is 19.4. The van der Waals surface area contributed by atoms with Gasteiger partial charge in [-0.15, -0.1) is 0 Å². The van der Waals surface area contributed by atoms with Crippen LogP contribution in [0.1, 0.15) is 31.9 Å². The van der Waals surface area contributed by atoms with Gasteiger partial charge in [0.2, 0.25) is 0 Å². The summed E-state index contributed by atoms with van der Waals surface area (Å²) in [4.78, 5) is 11.5. The lowest BCUT2D eigenvalue weighted by Crippen LogP contribution is -2.48. The number of hydrogen-bond acceptors (Lipinski definition) is 3. The molecular formula is C13H13F3O3. The predicted molar refractivity (Wildman–Crippen MR) is 60.7 cm³/mol. The number of fused-ring (bicyclic) bond motifs is 1. The van der Waals surface area contributed by atoms with E-state index >= 15 is 0 Å². The zero-order valence-electron chi connectivity index (χ0n) is 10.6. The predicted octanol–water partition coefficient (Wildman–Crippen LogP) is 2.65. The second-order valence-corrected chi connectivity index (χ2v) is 5.53. The van der Waals surface area contributed by atoms with E-state index in [1.807, 2.05) is 0 Å². The summed E-state index contributed by atoms with van der Waals surface area (Å²) in [7, 11) is 0. The maximum absolute atomic E-state index is 13.1. The van der Waals surface area contributed by atoms with Crippen molar-refractivity contribution in [3.8, 4) is 5.75 Å². The molecule has 3 nitrogen and oxygen atoms in total. The summed E-state index contributed by atoms with van der Waals surface area (Å²) in [5.74, 6) is -1.94. The fourth-order valence-electron chi connectivity index (χ4n) is 2.15. The summed E-state index contributed by atoms with van der Waals surface area (Å²) in [6.45, 7) is 5.09. The molecule has 1 aromatic carbocycles. The molecule has 0 spiro atoms. The number of ether oxygens (including phenoxy) is 1. The number of benzene rings is 1. The third-order valence-corrected chi connectivity index (χ3v) is 3.10. The Balaban J connectivity index is 2.79. The molecule has 104 valence electrons. The molecule has 0 amide bonds. The molecular weight excluding hydrogens is 261 g/mol. The first-order valence-electron chi connectivity index (χ1n) is 5.65. The van der Waals surface area contributed by atoms with E-state index in [1.165, 1.54) is 18.2 Å². The van der Waals surface area contributed by atoms with E-state index in [9.17, 15) is 23.1 Å². The van der Waals surface area contributed by atoms with Gasteiger partial charge in [0.1, 0.15) is 5.75 Å². The number of rotatable bonds is 0. The fraction of sp³-hybridized carbons (Fsp3) is 0.462. The summed E-state index contributed by atoms with van der Waals surface area (Å²) in [6.07, 6.45) is -5.13. The number of aliphatic hydroxyl groups is 1. The number of carbonyl (C=O) groups is 1. The van der Waals surface area contributed by atoms with Crippen LogP contribution in [0.5, 0.6) is 5.75 Å². The highest BCUT2D eigenvalue weighted by Crippen LogP contribution is 2.51. The van der Waals surface area contributed by atoms with E-state index < -0.39 is 28.7 Å². The quantitative estimate of drug-likeness (QED) is 0.584. The van der Waals surface area contributed by atoms with Gasteiger partial charge < -0.3 is 9.84 Å². The molecule has 1 atom stereocenters. The van der Waals surface area contributed by atoms with Crippen LogP contribution in [0.15, 0.2) is 18.2 Å². The van der Waals surface area contributed by atoms with Crippen molar-refractivity contribution in [2.24, 2.45) is 0 Å². The van der Waals surface area contributed by atoms with Crippen molar-refractivity contribution >= 4 is 5.97 Å². The summed E-state index contributed by atoms with van der Waals surface area (Å²) in [5, 5.41) is 9.89. The lowest BCUT2D eigenvalue weighted by Gasteiger charge is -2.28. The summed E-state index contributed by atoms with van der Waals surface area (Å²) in [5.41, 5.74) is -4.53. The maximum Gasteiger partial charge on any atom is 0.432 e. The minimum absolute atomic E-state index is 0.232. The molecule has 0 saturated carbocycles. The van der Waals surface area contributed by atoms with Crippen molar-refractivity contribution in [2.75, 3.05) is 0 Å². The van der Waals surface area contributed by atoms with Crippen LogP contribution in [0.3, 0.4) is 0 Å². The van der Waals surface area contributed by atoms with Gasteiger partial charge >= 0.3 is 12.1 Å². The largest absolute Gasteiger partial charge is 0.432 e. The van der Waals surface area contributed by atoms with Crippen molar-refractivity contribution < 1.29 is 27.8 Å². The van der Waals surface area contributed by atoms with Gasteiger partial charge in [-0.05, 0) is 17.0 Å². The molecule has 6 heteroatoms. The Morgan fingerprint density at radius 2 is 1.79 bits per heavy atom. The molecule has 0 saturated heterocycles. The van der Waals surface area contributed by atoms with Crippen LogP contribution in [-0.2, 0) is 15.8 Å². The first kappa shape index (κ1) is 13.9. The number of alkyl halides is 3. The Kier molecular flexibility index (Phi) is 2.72. The van der Waals surface area contributed by atoms with E-state index in [0.29, 0.717) is 0 Å². The van der Waals surface area contributed by atoms with Crippen molar-refractivity contribution in [3.63, 3.8) is 0 Å². The van der Waals surface area contributed by atoms with Gasteiger partial charge in [-0.1, -0.05) is 32.9 Å². The second kappa shape index (κ2) is 3.72. The lowest BCUT2D eigenvalue weighted by atomic mass is 9.78. The van der Waals surface area contributed by atoms with E-state index in [4.69, 9.17) is 0 Å². The summed E-state index contributed by atoms with van der Waals surface area (Å²) < 4.78 is 43.9. The molecule has 1 N–H and O–H groups in total. The fourth-order valence-corrected chi connectivity index (χ4v) is 2.15. The first-order valence-corrected chi connectivity index (χ1v) is 5.65. The van der Waals surface area contributed by atoms with Crippen LogP contribution in [0.4, 0.5) is 13.2 Å². The molecule has 19 heavy (non-hydrogen) atoms. The van der Waals surface area contributed by atoms with E-state index in [0.717, 1.165) is 0 Å². The monoisotopic (exact) mass is 274 g/mol. The molecule has 0 fully saturated rings. The Morgan fingerprint density at radius 1 is 1.21 bits per heavy atom. The third-order valence-electron chi connectivity index (χ3n) is 3.10. The van der Waals surface area contributed by atoms with E-state index in [1.54, 1.807) is 20.8 Å². The van der Waals surface area contributed by atoms with Gasteiger partial charge in [0, 0.05) is 0 Å². The molecule has 1 unspecified atom stereocenters. The van der Waals surface area contributed by atoms with Gasteiger partial charge in [-0.2, -0.15) is 13.2 Å². The SMILES string of the molecule is CC(C)(C)c1cccc2c1C(O)(C(F)(F)F)C(=O)O2. The van der Waals surface area contributed by atoms with Gasteiger partial charge in [0.25, 0.3) is 5.60 Å². The Morgan fingerprint density at radius 3 is 2.26 bits per heavy atom. The smallest absolute Gasteiger partial charge is 0.423 e. The number of esters is 1. The molecule has 1 aliphatic heterocycles. The Labute approximate surface area is 108 Å². The standard InChI is InChI=1S/C13H13F3O3/c1-11(2,3)7-5-4-6-8-9(7)12(18,10(17)19-8)13(14,15)16/h4-6,18H,1-3H3. The normalized spacial score (nSPS) is 23.2. The molecule has 0 aromatic heterocycles. The van der Waals surface area contributed by atoms with Crippen LogP contribution in [0.2, 0.25) is 0 Å². The third kappa shape index (κ3) is 1.82. The second-order valence-electron chi connectivity index (χ2n) is 5.53. The highest BCUT2D eigenvalue weighted by Gasteiger charge is 2.67. The van der Waals surface area contributed by atoms with Crippen molar-refractivity contribution in [1.82, 2.24) is 0 Å². The van der Waals surface area contributed by atoms with Gasteiger partial charge in [0.05, 0.1) is 5.56 Å². The number of carbonyl (C=O) groups excluding carboxylic acids is 1. The number of halogens is 3. The summed E-state index contributed by atoms with van der Waals surface area (Å²) >= 11 is 0. The topological polar surface area (TPSA) is 46.5 Å². The van der Waals surface area contributed by atoms with Gasteiger partial charge in [-0.25, -0.2) is 4.79 Å². The van der Waals surface area contributed by atoms with E-state index in [2.05, 4.69) is 4.74 Å². The van der Waals surface area contributed by atoms with Gasteiger partial charge in [-0.3, -0.25) is 0 Å².